The zero-order valence-electron chi connectivity index (χ0n) is 8.08. The van der Waals surface area contributed by atoms with E-state index in [1.165, 1.54) is 5.56 Å². The number of rotatable bonds is 4. The molecule has 0 aliphatic carbocycles. The Hall–Kier alpha value is -1.06. The molecule has 72 valence electrons. The molecule has 3 N–H and O–H groups in total. The van der Waals surface area contributed by atoms with Crippen LogP contribution in [0, 0.1) is 0 Å². The number of benzene rings is 1. The molecule has 1 atom stereocenters. The number of hydrogen-bond acceptors (Lipinski definition) is 3. The zero-order chi connectivity index (χ0) is 9.68. The maximum atomic E-state index is 5.32. The Morgan fingerprint density at radius 2 is 2.15 bits per heavy atom. The van der Waals surface area contributed by atoms with Crippen molar-refractivity contribution >= 4 is 0 Å². The van der Waals surface area contributed by atoms with Crippen LogP contribution in [-0.4, -0.2) is 13.2 Å². The van der Waals surface area contributed by atoms with Crippen LogP contribution >= 0.6 is 0 Å². The third-order valence-corrected chi connectivity index (χ3v) is 2.00. The molecule has 1 rings (SSSR count). The van der Waals surface area contributed by atoms with Gasteiger partial charge in [-0.25, -0.2) is 0 Å². The van der Waals surface area contributed by atoms with Crippen LogP contribution in [0.4, 0.5) is 0 Å². The van der Waals surface area contributed by atoms with Crippen LogP contribution in [0.15, 0.2) is 24.3 Å². The SMILES string of the molecule is COc1ccccc1CC(C)NN. The van der Waals surface area contributed by atoms with Gasteiger partial charge in [0.1, 0.15) is 5.75 Å². The van der Waals surface area contributed by atoms with Gasteiger partial charge in [0.05, 0.1) is 7.11 Å². The first-order valence-corrected chi connectivity index (χ1v) is 4.36. The molecule has 0 aromatic heterocycles. The highest BCUT2D eigenvalue weighted by Crippen LogP contribution is 2.18. The Bertz CT molecular complexity index is 263. The molecule has 0 heterocycles. The Morgan fingerprint density at radius 3 is 2.77 bits per heavy atom. The normalized spacial score (nSPS) is 12.5. The molecule has 0 amide bonds. The topological polar surface area (TPSA) is 47.3 Å². The van der Waals surface area contributed by atoms with E-state index < -0.39 is 0 Å². The Kier molecular flexibility index (Phi) is 3.73. The molecule has 0 aliphatic rings. The van der Waals surface area contributed by atoms with Crippen LogP contribution in [0.5, 0.6) is 5.75 Å². The fraction of sp³-hybridized carbons (Fsp3) is 0.400. The van der Waals surface area contributed by atoms with Crippen LogP contribution in [0.3, 0.4) is 0 Å². The molecule has 0 aliphatic heterocycles. The quantitative estimate of drug-likeness (QED) is 0.538. The molecule has 13 heavy (non-hydrogen) atoms. The molecule has 0 saturated carbocycles. The Labute approximate surface area is 78.9 Å². The average Bonchev–Trinajstić information content (AvgIpc) is 2.18. The molecule has 1 aromatic carbocycles. The lowest BCUT2D eigenvalue weighted by Crippen LogP contribution is -2.34. The van der Waals surface area contributed by atoms with Crippen molar-refractivity contribution in [2.24, 2.45) is 5.84 Å². The minimum Gasteiger partial charge on any atom is -0.496 e. The number of ether oxygens (including phenoxy) is 1. The van der Waals surface area contributed by atoms with Crippen molar-refractivity contribution in [2.45, 2.75) is 19.4 Å². The van der Waals surface area contributed by atoms with Gasteiger partial charge in [-0.05, 0) is 25.0 Å². The van der Waals surface area contributed by atoms with E-state index in [-0.39, 0.29) is 6.04 Å². The highest BCUT2D eigenvalue weighted by Gasteiger charge is 2.05. The van der Waals surface area contributed by atoms with Gasteiger partial charge in [-0.1, -0.05) is 18.2 Å². The van der Waals surface area contributed by atoms with E-state index in [1.807, 2.05) is 31.2 Å². The van der Waals surface area contributed by atoms with Crippen LogP contribution in [0.25, 0.3) is 0 Å². The van der Waals surface area contributed by atoms with Gasteiger partial charge in [0.25, 0.3) is 0 Å². The van der Waals surface area contributed by atoms with Gasteiger partial charge in [0, 0.05) is 6.04 Å². The molecule has 1 unspecified atom stereocenters. The molecule has 0 fully saturated rings. The second kappa shape index (κ2) is 4.84. The number of nitrogens with two attached hydrogens (primary N) is 1. The summed E-state index contributed by atoms with van der Waals surface area (Å²) in [6, 6.07) is 8.23. The first-order chi connectivity index (χ1) is 6.27. The monoisotopic (exact) mass is 180 g/mol. The lowest BCUT2D eigenvalue weighted by Gasteiger charge is -2.12. The molecule has 0 radical (unpaired) electrons. The van der Waals surface area contributed by atoms with Gasteiger partial charge in [-0.2, -0.15) is 0 Å². The van der Waals surface area contributed by atoms with E-state index in [9.17, 15) is 0 Å². The van der Waals surface area contributed by atoms with Gasteiger partial charge < -0.3 is 4.74 Å². The van der Waals surface area contributed by atoms with Crippen molar-refractivity contribution in [3.05, 3.63) is 29.8 Å². The first kappa shape index (κ1) is 10.0. The minimum atomic E-state index is 0.260. The summed E-state index contributed by atoms with van der Waals surface area (Å²) >= 11 is 0. The molecule has 1 aromatic rings. The largest absolute Gasteiger partial charge is 0.496 e. The summed E-state index contributed by atoms with van der Waals surface area (Å²) in [6.07, 6.45) is 0.876. The third kappa shape index (κ3) is 2.72. The summed E-state index contributed by atoms with van der Waals surface area (Å²) in [5, 5.41) is 0. The fourth-order valence-corrected chi connectivity index (χ4v) is 1.26. The predicted molar refractivity (Wildman–Crippen MR) is 53.5 cm³/mol. The van der Waals surface area contributed by atoms with Crippen molar-refractivity contribution in [3.63, 3.8) is 0 Å². The van der Waals surface area contributed by atoms with Gasteiger partial charge in [0.2, 0.25) is 0 Å². The molecule has 3 heteroatoms. The molecule has 0 saturated heterocycles. The molecular formula is C10H16N2O. The van der Waals surface area contributed by atoms with E-state index in [4.69, 9.17) is 10.6 Å². The van der Waals surface area contributed by atoms with Gasteiger partial charge in [-0.15, -0.1) is 0 Å². The van der Waals surface area contributed by atoms with Crippen LogP contribution in [0.2, 0.25) is 0 Å². The van der Waals surface area contributed by atoms with E-state index >= 15 is 0 Å². The van der Waals surface area contributed by atoms with Gasteiger partial charge >= 0.3 is 0 Å². The zero-order valence-corrected chi connectivity index (χ0v) is 8.08. The summed E-state index contributed by atoms with van der Waals surface area (Å²) in [7, 11) is 1.68. The summed E-state index contributed by atoms with van der Waals surface area (Å²) in [4.78, 5) is 0. The highest BCUT2D eigenvalue weighted by molar-refractivity contribution is 5.33. The Balaban J connectivity index is 2.74. The highest BCUT2D eigenvalue weighted by atomic mass is 16.5. The van der Waals surface area contributed by atoms with Crippen LogP contribution in [0.1, 0.15) is 12.5 Å². The summed E-state index contributed by atoms with van der Waals surface area (Å²) in [5.41, 5.74) is 3.89. The standard InChI is InChI=1S/C10H16N2O/c1-8(12-11)7-9-5-3-4-6-10(9)13-2/h3-6,8,12H,7,11H2,1-2H3. The molecule has 0 spiro atoms. The van der Waals surface area contributed by atoms with Crippen molar-refractivity contribution < 1.29 is 4.74 Å². The van der Waals surface area contributed by atoms with Gasteiger partial charge in [0.15, 0.2) is 0 Å². The van der Waals surface area contributed by atoms with Crippen molar-refractivity contribution in [1.82, 2.24) is 5.43 Å². The fourth-order valence-electron chi connectivity index (χ4n) is 1.26. The third-order valence-electron chi connectivity index (χ3n) is 2.00. The number of hydrogen-bond donors (Lipinski definition) is 2. The van der Waals surface area contributed by atoms with Crippen LogP contribution < -0.4 is 16.0 Å². The average molecular weight is 180 g/mol. The summed E-state index contributed by atoms with van der Waals surface area (Å²) in [5.74, 6) is 6.24. The second-order valence-corrected chi connectivity index (χ2v) is 3.08. The molecular weight excluding hydrogens is 164 g/mol. The number of para-hydroxylation sites is 1. The second-order valence-electron chi connectivity index (χ2n) is 3.08. The number of nitrogens with one attached hydrogen (secondary N) is 1. The van der Waals surface area contributed by atoms with E-state index in [2.05, 4.69) is 5.43 Å². The summed E-state index contributed by atoms with van der Waals surface area (Å²) in [6.45, 7) is 2.03. The van der Waals surface area contributed by atoms with Crippen molar-refractivity contribution in [3.8, 4) is 5.75 Å². The predicted octanol–water partition coefficient (Wildman–Crippen LogP) is 1.09. The smallest absolute Gasteiger partial charge is 0.122 e. The summed E-state index contributed by atoms with van der Waals surface area (Å²) < 4.78 is 5.22. The van der Waals surface area contributed by atoms with E-state index in [1.54, 1.807) is 7.11 Å². The van der Waals surface area contributed by atoms with Crippen molar-refractivity contribution in [2.75, 3.05) is 7.11 Å². The number of methoxy groups -OCH3 is 1. The molecule has 0 bridgehead atoms. The minimum absolute atomic E-state index is 0.260. The number of hydrazine groups is 1. The first-order valence-electron chi connectivity index (χ1n) is 4.36. The molecule has 3 nitrogen and oxygen atoms in total. The maximum Gasteiger partial charge on any atom is 0.122 e. The van der Waals surface area contributed by atoms with E-state index in [0.717, 1.165) is 12.2 Å². The maximum absolute atomic E-state index is 5.32. The lowest BCUT2D eigenvalue weighted by molar-refractivity contribution is 0.406. The van der Waals surface area contributed by atoms with Crippen molar-refractivity contribution in [1.29, 1.82) is 0 Å². The van der Waals surface area contributed by atoms with Crippen LogP contribution in [-0.2, 0) is 6.42 Å². The Morgan fingerprint density at radius 1 is 1.46 bits per heavy atom. The van der Waals surface area contributed by atoms with Gasteiger partial charge in [-0.3, -0.25) is 11.3 Å². The van der Waals surface area contributed by atoms with E-state index in [0.29, 0.717) is 0 Å². The lowest BCUT2D eigenvalue weighted by atomic mass is 10.1.